The Balaban J connectivity index is 1.49. The van der Waals surface area contributed by atoms with Crippen LogP contribution < -0.4 is 10.6 Å². The van der Waals surface area contributed by atoms with Crippen LogP contribution in [0.15, 0.2) is 30.5 Å². The Morgan fingerprint density at radius 2 is 2.06 bits per heavy atom. The van der Waals surface area contributed by atoms with Gasteiger partial charge in [0.2, 0.25) is 0 Å². The zero-order valence-corrected chi connectivity index (χ0v) is 19.7. The molecule has 1 aromatic carbocycles. The monoisotopic (exact) mass is 504 g/mol. The summed E-state index contributed by atoms with van der Waals surface area (Å²) >= 11 is 6.10. The second-order valence-corrected chi connectivity index (χ2v) is 9.10. The van der Waals surface area contributed by atoms with E-state index in [0.29, 0.717) is 46.7 Å². The number of hydrogen-bond donors (Lipinski definition) is 2. The van der Waals surface area contributed by atoms with Crippen molar-refractivity contribution < 1.29 is 18.0 Å². The van der Waals surface area contributed by atoms with Crippen molar-refractivity contribution in [1.82, 2.24) is 20.1 Å². The molecule has 0 aliphatic heterocycles. The largest absolute Gasteiger partial charge is 0.433 e. The lowest BCUT2D eigenvalue weighted by atomic mass is 9.90. The van der Waals surface area contributed by atoms with Gasteiger partial charge in [-0.1, -0.05) is 11.6 Å². The summed E-state index contributed by atoms with van der Waals surface area (Å²) < 4.78 is 41.9. The Bertz CT molecular complexity index is 1280. The van der Waals surface area contributed by atoms with Crippen LogP contribution in [0, 0.1) is 18.3 Å². The van der Waals surface area contributed by atoms with Crippen LogP contribution in [-0.2, 0) is 12.7 Å². The molecule has 2 atom stereocenters. The number of benzene rings is 1. The van der Waals surface area contributed by atoms with Crippen LogP contribution in [-0.4, -0.2) is 32.8 Å². The van der Waals surface area contributed by atoms with E-state index in [1.54, 1.807) is 17.7 Å². The van der Waals surface area contributed by atoms with Gasteiger partial charge in [-0.3, -0.25) is 9.48 Å². The summed E-state index contributed by atoms with van der Waals surface area (Å²) in [5, 5.41) is 20.1. The minimum atomic E-state index is -4.58. The summed E-state index contributed by atoms with van der Waals surface area (Å²) in [6.45, 7) is 2.19. The summed E-state index contributed by atoms with van der Waals surface area (Å²) in [5.74, 6) is -0.253. The molecular formula is C24H24ClF3N6O. The van der Waals surface area contributed by atoms with Crippen molar-refractivity contribution in [3.63, 3.8) is 0 Å². The normalized spacial score (nSPS) is 18.3. The van der Waals surface area contributed by atoms with Crippen molar-refractivity contribution in [2.24, 2.45) is 0 Å². The first-order valence-electron chi connectivity index (χ1n) is 11.3. The van der Waals surface area contributed by atoms with Gasteiger partial charge in [0.15, 0.2) is 0 Å². The van der Waals surface area contributed by atoms with E-state index in [-0.39, 0.29) is 23.5 Å². The Kier molecular flexibility index (Phi) is 7.17. The highest BCUT2D eigenvalue weighted by atomic mass is 35.5. The molecule has 4 rings (SSSR count). The second kappa shape index (κ2) is 10.1. The van der Waals surface area contributed by atoms with Crippen molar-refractivity contribution >= 4 is 34.1 Å². The smallest absolute Gasteiger partial charge is 0.382 e. The van der Waals surface area contributed by atoms with Gasteiger partial charge in [0, 0.05) is 33.9 Å². The van der Waals surface area contributed by atoms with Gasteiger partial charge < -0.3 is 10.6 Å². The van der Waals surface area contributed by atoms with E-state index in [1.165, 1.54) is 18.3 Å². The number of hydrogen-bond acceptors (Lipinski definition) is 5. The van der Waals surface area contributed by atoms with Gasteiger partial charge in [-0.2, -0.15) is 23.5 Å². The molecule has 11 heteroatoms. The summed E-state index contributed by atoms with van der Waals surface area (Å²) in [5.41, 5.74) is 0.678. The van der Waals surface area contributed by atoms with Gasteiger partial charge in [0.1, 0.15) is 5.69 Å². The topological polar surface area (TPSA) is 95.6 Å². The van der Waals surface area contributed by atoms with Gasteiger partial charge in [-0.15, -0.1) is 0 Å². The molecule has 35 heavy (non-hydrogen) atoms. The lowest BCUT2D eigenvalue weighted by Crippen LogP contribution is -2.42. The van der Waals surface area contributed by atoms with E-state index in [9.17, 15) is 18.0 Å². The van der Waals surface area contributed by atoms with E-state index in [4.69, 9.17) is 16.9 Å². The number of aryl methyl sites for hydroxylation is 1. The number of anilines is 1. The third-order valence-electron chi connectivity index (χ3n) is 6.21. The maximum Gasteiger partial charge on any atom is 0.433 e. The maximum atomic E-state index is 13.4. The number of carbonyl (C=O) groups excluding carboxylic acids is 1. The highest BCUT2D eigenvalue weighted by molar-refractivity contribution is 6.31. The molecule has 0 spiro atoms. The summed E-state index contributed by atoms with van der Waals surface area (Å²) in [6, 6.07) is 7.37. The first-order valence-corrected chi connectivity index (χ1v) is 11.7. The molecule has 7 nitrogen and oxygen atoms in total. The molecule has 1 fully saturated rings. The van der Waals surface area contributed by atoms with Crippen molar-refractivity contribution in [3.8, 4) is 6.07 Å². The SMILES string of the molecule is Cc1c(C(=O)N[C@@H]2CCC[C@H](Nc3cc(C(F)(F)F)nc4ccc(Cl)cc34)C2)cnn1CCC#N. The van der Waals surface area contributed by atoms with Gasteiger partial charge in [0.05, 0.1) is 36.3 Å². The van der Waals surface area contributed by atoms with Crippen LogP contribution in [0.2, 0.25) is 5.02 Å². The minimum Gasteiger partial charge on any atom is -0.382 e. The molecule has 1 aliphatic rings. The molecular weight excluding hydrogens is 481 g/mol. The molecule has 2 N–H and O–H groups in total. The van der Waals surface area contributed by atoms with E-state index >= 15 is 0 Å². The first kappa shape index (κ1) is 24.8. The Hall–Kier alpha value is -3.32. The second-order valence-electron chi connectivity index (χ2n) is 8.67. The number of nitriles is 1. The number of aromatic nitrogens is 3. The number of alkyl halides is 3. The molecule has 3 aromatic rings. The van der Waals surface area contributed by atoms with Gasteiger partial charge in [-0.05, 0) is 56.9 Å². The van der Waals surface area contributed by atoms with Crippen molar-refractivity contribution in [3.05, 3.63) is 52.4 Å². The summed E-state index contributed by atoms with van der Waals surface area (Å²) in [6.07, 6.45) is 0.0863. The van der Waals surface area contributed by atoms with E-state index in [2.05, 4.69) is 26.8 Å². The summed E-state index contributed by atoms with van der Waals surface area (Å²) in [7, 11) is 0. The van der Waals surface area contributed by atoms with Crippen LogP contribution in [0.25, 0.3) is 10.9 Å². The number of rotatable bonds is 6. The predicted octanol–water partition coefficient (Wildman–Crippen LogP) is 5.48. The zero-order valence-electron chi connectivity index (χ0n) is 19.0. The molecule has 0 bridgehead atoms. The maximum absolute atomic E-state index is 13.4. The average molecular weight is 505 g/mol. The molecule has 2 heterocycles. The van der Waals surface area contributed by atoms with E-state index < -0.39 is 11.9 Å². The van der Waals surface area contributed by atoms with E-state index in [1.807, 2.05) is 0 Å². The van der Waals surface area contributed by atoms with Gasteiger partial charge >= 0.3 is 6.18 Å². The van der Waals surface area contributed by atoms with Gasteiger partial charge in [0.25, 0.3) is 5.91 Å². The summed E-state index contributed by atoms with van der Waals surface area (Å²) in [4.78, 5) is 16.6. The van der Waals surface area contributed by atoms with Crippen molar-refractivity contribution in [2.45, 2.75) is 63.8 Å². The Labute approximate surface area is 205 Å². The van der Waals surface area contributed by atoms with Crippen molar-refractivity contribution in [1.29, 1.82) is 5.26 Å². The number of nitrogens with one attached hydrogen (secondary N) is 2. The first-order chi connectivity index (χ1) is 16.7. The molecule has 2 aromatic heterocycles. The highest BCUT2D eigenvalue weighted by Crippen LogP contribution is 2.35. The van der Waals surface area contributed by atoms with Gasteiger partial charge in [-0.25, -0.2) is 4.98 Å². The average Bonchev–Trinajstić information content (AvgIpc) is 3.17. The zero-order chi connectivity index (χ0) is 25.2. The van der Waals surface area contributed by atoms with E-state index in [0.717, 1.165) is 25.3 Å². The van der Waals surface area contributed by atoms with Crippen LogP contribution in [0.4, 0.5) is 18.9 Å². The number of nitrogens with zero attached hydrogens (tertiary/aromatic N) is 4. The van der Waals surface area contributed by atoms with Crippen LogP contribution in [0.3, 0.4) is 0 Å². The van der Waals surface area contributed by atoms with Crippen LogP contribution >= 0.6 is 11.6 Å². The Morgan fingerprint density at radius 1 is 1.29 bits per heavy atom. The lowest BCUT2D eigenvalue weighted by Gasteiger charge is -2.31. The molecule has 1 aliphatic carbocycles. The molecule has 0 radical (unpaired) electrons. The standard InChI is InChI=1S/C24H24ClF3N6O/c1-14-19(13-30-34(14)9-3-8-29)23(35)32-17-5-2-4-16(11-17)31-21-12-22(24(26,27)28)33-20-7-6-15(25)10-18(20)21/h6-7,10,12-13,16-17H,2-5,9,11H2,1H3,(H,31,33)(H,32,35)/t16-,17+/m0/s1. The van der Waals surface area contributed by atoms with Crippen LogP contribution in [0.1, 0.15) is 53.8 Å². The number of pyridine rings is 1. The number of amides is 1. The molecule has 184 valence electrons. The van der Waals surface area contributed by atoms with Crippen molar-refractivity contribution in [2.75, 3.05) is 5.32 Å². The predicted molar refractivity (Wildman–Crippen MR) is 126 cm³/mol. The molecule has 0 unspecified atom stereocenters. The fourth-order valence-corrected chi connectivity index (χ4v) is 4.62. The number of carbonyl (C=O) groups is 1. The number of fused-ring (bicyclic) bond motifs is 1. The third kappa shape index (κ3) is 5.68. The molecule has 1 amide bonds. The minimum absolute atomic E-state index is 0.140. The fraction of sp³-hybridized carbons (Fsp3) is 0.417. The molecule has 0 saturated heterocycles. The Morgan fingerprint density at radius 3 is 2.80 bits per heavy atom. The number of halogens is 4. The quantitative estimate of drug-likeness (QED) is 0.463. The van der Waals surface area contributed by atoms with Crippen LogP contribution in [0.5, 0.6) is 0 Å². The molecule has 1 saturated carbocycles. The lowest BCUT2D eigenvalue weighted by molar-refractivity contribution is -0.140. The fourth-order valence-electron chi connectivity index (χ4n) is 4.45. The highest BCUT2D eigenvalue weighted by Gasteiger charge is 2.34. The third-order valence-corrected chi connectivity index (χ3v) is 6.45.